The number of halogens is 1. The van der Waals surface area contributed by atoms with Crippen molar-refractivity contribution in [2.45, 2.75) is 26.0 Å². The van der Waals surface area contributed by atoms with Gasteiger partial charge in [-0.2, -0.15) is 0 Å². The molecule has 2 unspecified atom stereocenters. The second kappa shape index (κ2) is 8.67. The minimum atomic E-state index is -0.880. The van der Waals surface area contributed by atoms with Gasteiger partial charge in [-0.1, -0.05) is 49.2 Å². The monoisotopic (exact) mass is 333 g/mol. The van der Waals surface area contributed by atoms with Crippen LogP contribution in [0.5, 0.6) is 0 Å². The van der Waals surface area contributed by atoms with Gasteiger partial charge in [-0.05, 0) is 36.8 Å². The number of unbranched alkanes of at least 4 members (excludes halogenated alkanes) is 1. The molecule has 0 bridgehead atoms. The van der Waals surface area contributed by atoms with E-state index in [-0.39, 0.29) is 5.06 Å². The minimum Gasteiger partial charge on any atom is -0.631 e. The second-order valence-corrected chi connectivity index (χ2v) is 5.71. The topological polar surface area (TPSA) is 53.8 Å². The summed E-state index contributed by atoms with van der Waals surface area (Å²) in [5.74, 6) is -0.550. The van der Waals surface area contributed by atoms with Gasteiger partial charge in [0.25, 0.3) is 6.23 Å². The van der Waals surface area contributed by atoms with E-state index in [1.807, 2.05) is 25.1 Å². The molecule has 0 fully saturated rings. The lowest BCUT2D eigenvalue weighted by Gasteiger charge is -2.30. The van der Waals surface area contributed by atoms with Gasteiger partial charge in [0.15, 0.2) is 0 Å². The molecule has 0 radical (unpaired) electrons. The first-order valence-electron chi connectivity index (χ1n) is 7.66. The van der Waals surface area contributed by atoms with Crippen LogP contribution in [0, 0.1) is 5.21 Å². The summed E-state index contributed by atoms with van der Waals surface area (Å²) in [6.07, 6.45) is 0.807. The van der Waals surface area contributed by atoms with Crippen molar-refractivity contribution in [3.05, 3.63) is 76.0 Å². The number of carbonyl (C=O) groups is 1. The Morgan fingerprint density at radius 1 is 1.22 bits per heavy atom. The summed E-state index contributed by atoms with van der Waals surface area (Å²) < 4.78 is 5.49. The Kier molecular flexibility index (Phi) is 6.59. The highest BCUT2D eigenvalue weighted by atomic mass is 35.5. The number of ether oxygens (including phenoxy) is 1. The van der Waals surface area contributed by atoms with Crippen LogP contribution in [0.25, 0.3) is 0 Å². The predicted octanol–water partition coefficient (Wildman–Crippen LogP) is 3.38. The molecule has 23 heavy (non-hydrogen) atoms. The van der Waals surface area contributed by atoms with Crippen molar-refractivity contribution in [1.29, 1.82) is 0 Å². The number of hydrogen-bond donors (Lipinski definition) is 1. The van der Waals surface area contributed by atoms with E-state index in [2.05, 4.69) is 0 Å². The Morgan fingerprint density at radius 2 is 1.96 bits per heavy atom. The quantitative estimate of drug-likeness (QED) is 0.480. The summed E-state index contributed by atoms with van der Waals surface area (Å²) in [5, 5.41) is 12.8. The van der Waals surface area contributed by atoms with Gasteiger partial charge < -0.3 is 15.0 Å². The summed E-state index contributed by atoms with van der Waals surface area (Å²) in [6, 6.07) is 15.6. The van der Waals surface area contributed by atoms with E-state index in [1.165, 1.54) is 6.07 Å². The Morgan fingerprint density at radius 3 is 2.61 bits per heavy atom. The van der Waals surface area contributed by atoms with Gasteiger partial charge in [-0.25, -0.2) is 4.79 Å². The van der Waals surface area contributed by atoms with E-state index in [1.54, 1.807) is 30.3 Å². The molecular weight excluding hydrogens is 314 g/mol. The predicted molar refractivity (Wildman–Crippen MR) is 90.2 cm³/mol. The van der Waals surface area contributed by atoms with Gasteiger partial charge in [-0.15, -0.1) is 0 Å². The van der Waals surface area contributed by atoms with Crippen LogP contribution in [0.4, 0.5) is 0 Å². The fourth-order valence-electron chi connectivity index (χ4n) is 2.22. The number of esters is 1. The van der Waals surface area contributed by atoms with Crippen LogP contribution in [-0.2, 0) is 4.74 Å². The lowest BCUT2D eigenvalue weighted by atomic mass is 10.2. The van der Waals surface area contributed by atoms with Crippen molar-refractivity contribution in [2.24, 2.45) is 0 Å². The molecule has 0 spiro atoms. The Labute approximate surface area is 141 Å². The summed E-state index contributed by atoms with van der Waals surface area (Å²) in [4.78, 5) is 12.3. The molecule has 0 aromatic heterocycles. The molecule has 2 aromatic carbocycles. The smallest absolute Gasteiger partial charge is 0.342 e. The molecule has 0 aliphatic carbocycles. The van der Waals surface area contributed by atoms with Crippen LogP contribution in [0.3, 0.4) is 0 Å². The lowest BCUT2D eigenvalue weighted by Crippen LogP contribution is -3.08. The zero-order valence-corrected chi connectivity index (χ0v) is 13.8. The number of benzene rings is 2. The largest absolute Gasteiger partial charge is 0.631 e. The first-order chi connectivity index (χ1) is 11.1. The summed E-state index contributed by atoms with van der Waals surface area (Å²) in [6.45, 7) is 2.40. The number of hydrogen-bond acceptors (Lipinski definition) is 3. The highest BCUT2D eigenvalue weighted by molar-refractivity contribution is 6.30. The molecule has 4 nitrogen and oxygen atoms in total. The molecule has 0 amide bonds. The highest BCUT2D eigenvalue weighted by Gasteiger charge is 2.23. The second-order valence-electron chi connectivity index (χ2n) is 5.28. The molecule has 2 aromatic rings. The molecule has 0 heterocycles. The van der Waals surface area contributed by atoms with Crippen LogP contribution in [0.15, 0.2) is 54.6 Å². The SMILES string of the molecule is CCCC[NH+]([O-])C(OC(=O)c1cccc(Cl)c1)c1ccccc1. The molecule has 1 N–H and O–H groups in total. The summed E-state index contributed by atoms with van der Waals surface area (Å²) in [5.41, 5.74) is 1.02. The third-order valence-electron chi connectivity index (χ3n) is 3.46. The first-order valence-corrected chi connectivity index (χ1v) is 8.04. The summed E-state index contributed by atoms with van der Waals surface area (Å²) in [7, 11) is 0. The molecule has 5 heteroatoms. The molecule has 2 atom stereocenters. The molecule has 2 rings (SSSR count). The first kappa shape index (κ1) is 17.5. The zero-order chi connectivity index (χ0) is 16.7. The number of nitrogens with one attached hydrogen (secondary N) is 1. The van der Waals surface area contributed by atoms with E-state index < -0.39 is 12.2 Å². The maximum atomic E-state index is 12.4. The number of rotatable bonds is 7. The van der Waals surface area contributed by atoms with E-state index in [0.29, 0.717) is 22.7 Å². The van der Waals surface area contributed by atoms with Crippen molar-refractivity contribution < 1.29 is 14.6 Å². The van der Waals surface area contributed by atoms with Gasteiger partial charge in [-0.3, -0.25) is 0 Å². The lowest BCUT2D eigenvalue weighted by molar-refractivity contribution is -0.905. The number of hydroxylamine groups is 2. The number of quaternary nitrogens is 1. The Balaban J connectivity index is 2.18. The maximum Gasteiger partial charge on any atom is 0.342 e. The normalized spacial score (nSPS) is 13.3. The maximum absolute atomic E-state index is 12.4. The fourth-order valence-corrected chi connectivity index (χ4v) is 2.41. The van der Waals surface area contributed by atoms with Crippen LogP contribution in [0.1, 0.15) is 41.9 Å². The minimum absolute atomic E-state index is 0.0894. The van der Waals surface area contributed by atoms with E-state index >= 15 is 0 Å². The average molecular weight is 334 g/mol. The fraction of sp³-hybridized carbons (Fsp3) is 0.278. The number of carbonyl (C=O) groups excluding carboxylic acids is 1. The third kappa shape index (κ3) is 5.06. The van der Waals surface area contributed by atoms with Crippen LogP contribution in [0.2, 0.25) is 5.02 Å². The molecule has 0 aliphatic heterocycles. The third-order valence-corrected chi connectivity index (χ3v) is 3.69. The van der Waals surface area contributed by atoms with Gasteiger partial charge in [0.05, 0.1) is 17.7 Å². The van der Waals surface area contributed by atoms with Gasteiger partial charge in [0.1, 0.15) is 0 Å². The van der Waals surface area contributed by atoms with Crippen molar-refractivity contribution in [2.75, 3.05) is 6.54 Å². The van der Waals surface area contributed by atoms with Crippen molar-refractivity contribution in [3.63, 3.8) is 0 Å². The van der Waals surface area contributed by atoms with Crippen molar-refractivity contribution in [3.8, 4) is 0 Å². The van der Waals surface area contributed by atoms with Crippen molar-refractivity contribution >= 4 is 17.6 Å². The molecular formula is C18H20ClNO3. The van der Waals surface area contributed by atoms with E-state index in [9.17, 15) is 10.0 Å². The zero-order valence-electron chi connectivity index (χ0n) is 13.0. The molecule has 0 saturated carbocycles. The van der Waals surface area contributed by atoms with E-state index in [0.717, 1.165) is 12.8 Å². The Bertz CT molecular complexity index is 633. The van der Waals surface area contributed by atoms with Crippen LogP contribution < -0.4 is 5.06 Å². The summed E-state index contributed by atoms with van der Waals surface area (Å²) >= 11 is 5.90. The van der Waals surface area contributed by atoms with Crippen molar-refractivity contribution in [1.82, 2.24) is 0 Å². The Hall–Kier alpha value is -1.88. The molecule has 0 aliphatic rings. The molecule has 122 valence electrons. The highest BCUT2D eigenvalue weighted by Crippen LogP contribution is 2.16. The van der Waals surface area contributed by atoms with Gasteiger partial charge in [0.2, 0.25) is 0 Å². The van der Waals surface area contributed by atoms with E-state index in [4.69, 9.17) is 16.3 Å². The van der Waals surface area contributed by atoms with Crippen LogP contribution in [-0.4, -0.2) is 12.5 Å². The van der Waals surface area contributed by atoms with Gasteiger partial charge >= 0.3 is 5.97 Å². The van der Waals surface area contributed by atoms with Gasteiger partial charge in [0, 0.05) is 5.02 Å². The average Bonchev–Trinajstić information content (AvgIpc) is 2.58. The molecule has 0 saturated heterocycles. The van der Waals surface area contributed by atoms with Crippen LogP contribution >= 0.6 is 11.6 Å². The standard InChI is InChI=1S/C18H20ClNO3/c1-2-3-12-20(22)17(14-8-5-4-6-9-14)23-18(21)15-10-7-11-16(19)13-15/h4-11,13,17,20H,2-3,12H2,1H3.